The van der Waals surface area contributed by atoms with Gasteiger partial charge in [0, 0.05) is 43.7 Å². The molecule has 34 heavy (non-hydrogen) atoms. The fraction of sp³-hybridized carbons (Fsp3) is 0.375. The van der Waals surface area contributed by atoms with E-state index in [0.717, 1.165) is 42.5 Å². The van der Waals surface area contributed by atoms with E-state index in [1.165, 1.54) is 23.7 Å². The Bertz CT molecular complexity index is 1100. The number of benzene rings is 2. The standard InChI is InChI=1S/C24H28FN5O3S/c1-32-19-7-8-20(21(14-19)33-2)27-23(31)26-15-17-9-11-30(12-10-17)24-28-22(29-34-24)13-16-3-5-18(25)6-4-16/h3-8,14,17H,9-13,15H2,1-2H3,(H2,26,27,31). The molecule has 8 nitrogen and oxygen atoms in total. The van der Waals surface area contributed by atoms with Crippen molar-refractivity contribution in [1.29, 1.82) is 0 Å². The van der Waals surface area contributed by atoms with Crippen LogP contribution in [-0.4, -0.2) is 49.2 Å². The summed E-state index contributed by atoms with van der Waals surface area (Å²) in [5.41, 5.74) is 1.57. The lowest BCUT2D eigenvalue weighted by Gasteiger charge is -2.31. The summed E-state index contributed by atoms with van der Waals surface area (Å²) < 4.78 is 28.1. The lowest BCUT2D eigenvalue weighted by molar-refractivity contribution is 0.248. The number of methoxy groups -OCH3 is 2. The number of rotatable bonds is 8. The van der Waals surface area contributed by atoms with Crippen LogP contribution in [0.1, 0.15) is 24.2 Å². The lowest BCUT2D eigenvalue weighted by atomic mass is 9.97. The Balaban J connectivity index is 1.22. The molecule has 1 fully saturated rings. The van der Waals surface area contributed by atoms with Crippen LogP contribution in [0.4, 0.5) is 20.0 Å². The Kier molecular flexibility index (Phi) is 7.79. The van der Waals surface area contributed by atoms with E-state index < -0.39 is 0 Å². The second-order valence-corrected chi connectivity index (χ2v) is 8.86. The molecular formula is C24H28FN5O3S. The highest BCUT2D eigenvalue weighted by Gasteiger charge is 2.22. The molecule has 180 valence electrons. The minimum absolute atomic E-state index is 0.244. The first-order valence-corrected chi connectivity index (χ1v) is 11.9. The highest BCUT2D eigenvalue weighted by atomic mass is 32.1. The zero-order chi connectivity index (χ0) is 23.9. The molecule has 0 spiro atoms. The normalized spacial score (nSPS) is 14.0. The quantitative estimate of drug-likeness (QED) is 0.494. The van der Waals surface area contributed by atoms with Gasteiger partial charge in [-0.3, -0.25) is 0 Å². The van der Waals surface area contributed by atoms with Crippen molar-refractivity contribution in [3.05, 3.63) is 59.7 Å². The number of anilines is 2. The fourth-order valence-corrected chi connectivity index (χ4v) is 4.60. The Morgan fingerprint density at radius 3 is 2.62 bits per heavy atom. The van der Waals surface area contributed by atoms with Crippen molar-refractivity contribution < 1.29 is 18.7 Å². The Morgan fingerprint density at radius 1 is 1.15 bits per heavy atom. The first-order chi connectivity index (χ1) is 16.5. The summed E-state index contributed by atoms with van der Waals surface area (Å²) in [6, 6.07) is 11.4. The van der Waals surface area contributed by atoms with E-state index in [0.29, 0.717) is 36.1 Å². The largest absolute Gasteiger partial charge is 0.497 e. The molecule has 0 unspecified atom stereocenters. The molecule has 1 aliphatic rings. The molecule has 2 aromatic carbocycles. The summed E-state index contributed by atoms with van der Waals surface area (Å²) in [4.78, 5) is 19.3. The van der Waals surface area contributed by atoms with Crippen LogP contribution >= 0.6 is 11.5 Å². The van der Waals surface area contributed by atoms with Gasteiger partial charge in [-0.1, -0.05) is 12.1 Å². The molecular weight excluding hydrogens is 457 g/mol. The first-order valence-electron chi connectivity index (χ1n) is 11.1. The number of hydrogen-bond donors (Lipinski definition) is 2. The number of urea groups is 1. The van der Waals surface area contributed by atoms with Gasteiger partial charge >= 0.3 is 6.03 Å². The third-order valence-corrected chi connectivity index (χ3v) is 6.64. The smallest absolute Gasteiger partial charge is 0.319 e. The van der Waals surface area contributed by atoms with Crippen LogP contribution in [0.3, 0.4) is 0 Å². The van der Waals surface area contributed by atoms with Gasteiger partial charge in [0.15, 0.2) is 0 Å². The second-order valence-electron chi connectivity index (χ2n) is 8.13. The van der Waals surface area contributed by atoms with E-state index in [1.807, 2.05) is 0 Å². The van der Waals surface area contributed by atoms with Gasteiger partial charge in [-0.15, -0.1) is 0 Å². The maximum Gasteiger partial charge on any atom is 0.319 e. The van der Waals surface area contributed by atoms with Crippen molar-refractivity contribution >= 4 is 28.4 Å². The van der Waals surface area contributed by atoms with Crippen LogP contribution in [0.25, 0.3) is 0 Å². The number of nitrogens with zero attached hydrogens (tertiary/aromatic N) is 3. The van der Waals surface area contributed by atoms with E-state index in [2.05, 4.69) is 24.9 Å². The minimum atomic E-state index is -0.263. The van der Waals surface area contributed by atoms with Crippen molar-refractivity contribution in [2.45, 2.75) is 19.3 Å². The molecule has 0 saturated carbocycles. The van der Waals surface area contributed by atoms with E-state index in [4.69, 9.17) is 9.47 Å². The fourth-order valence-electron chi connectivity index (χ4n) is 3.86. The van der Waals surface area contributed by atoms with Gasteiger partial charge < -0.3 is 25.0 Å². The third kappa shape index (κ3) is 6.13. The Morgan fingerprint density at radius 2 is 1.91 bits per heavy atom. The van der Waals surface area contributed by atoms with Crippen molar-refractivity contribution in [3.8, 4) is 11.5 Å². The topological polar surface area (TPSA) is 88.6 Å². The van der Waals surface area contributed by atoms with Crippen LogP contribution in [0.15, 0.2) is 42.5 Å². The van der Waals surface area contributed by atoms with Gasteiger partial charge in [-0.2, -0.15) is 4.37 Å². The van der Waals surface area contributed by atoms with Crippen molar-refractivity contribution in [1.82, 2.24) is 14.7 Å². The zero-order valence-corrected chi connectivity index (χ0v) is 20.0. The molecule has 4 rings (SSSR count). The Labute approximate surface area is 202 Å². The molecule has 0 atom stereocenters. The van der Waals surface area contributed by atoms with Gasteiger partial charge in [0.2, 0.25) is 5.13 Å². The van der Waals surface area contributed by atoms with Crippen molar-refractivity contribution in [3.63, 3.8) is 0 Å². The molecule has 2 amide bonds. The van der Waals surface area contributed by atoms with Crippen molar-refractivity contribution in [2.75, 3.05) is 44.1 Å². The number of aromatic nitrogens is 2. The van der Waals surface area contributed by atoms with Crippen LogP contribution in [0.5, 0.6) is 11.5 Å². The van der Waals surface area contributed by atoms with Crippen LogP contribution < -0.4 is 25.0 Å². The predicted molar refractivity (Wildman–Crippen MR) is 131 cm³/mol. The molecule has 10 heteroatoms. The van der Waals surface area contributed by atoms with Gasteiger partial charge in [0.25, 0.3) is 0 Å². The summed E-state index contributed by atoms with van der Waals surface area (Å²) in [7, 11) is 3.13. The highest BCUT2D eigenvalue weighted by Crippen LogP contribution is 2.29. The minimum Gasteiger partial charge on any atom is -0.497 e. The molecule has 1 aromatic heterocycles. The summed E-state index contributed by atoms with van der Waals surface area (Å²) in [5, 5.41) is 6.71. The zero-order valence-electron chi connectivity index (χ0n) is 19.2. The molecule has 0 aliphatic carbocycles. The summed E-state index contributed by atoms with van der Waals surface area (Å²) in [6.07, 6.45) is 2.50. The van der Waals surface area contributed by atoms with Gasteiger partial charge in [0.1, 0.15) is 23.1 Å². The Hall–Kier alpha value is -3.40. The highest BCUT2D eigenvalue weighted by molar-refractivity contribution is 7.09. The monoisotopic (exact) mass is 485 g/mol. The molecule has 0 radical (unpaired) electrons. The SMILES string of the molecule is COc1ccc(NC(=O)NCC2CCN(c3nc(Cc4ccc(F)cc4)ns3)CC2)c(OC)c1. The molecule has 0 bridgehead atoms. The summed E-state index contributed by atoms with van der Waals surface area (Å²) in [6.45, 7) is 2.33. The first kappa shape index (κ1) is 23.7. The van der Waals surface area contributed by atoms with Crippen LogP contribution in [-0.2, 0) is 6.42 Å². The molecule has 1 aliphatic heterocycles. The summed E-state index contributed by atoms with van der Waals surface area (Å²) >= 11 is 1.40. The van der Waals surface area contributed by atoms with Crippen molar-refractivity contribution in [2.24, 2.45) is 5.92 Å². The molecule has 3 aromatic rings. The number of amides is 2. The third-order valence-electron chi connectivity index (χ3n) is 5.83. The average molecular weight is 486 g/mol. The summed E-state index contributed by atoms with van der Waals surface area (Å²) in [5.74, 6) is 2.10. The molecule has 2 N–H and O–H groups in total. The number of nitrogens with one attached hydrogen (secondary N) is 2. The maximum absolute atomic E-state index is 13.1. The maximum atomic E-state index is 13.1. The van der Waals surface area contributed by atoms with Gasteiger partial charge in [-0.25, -0.2) is 14.2 Å². The van der Waals surface area contributed by atoms with Crippen LogP contribution in [0, 0.1) is 11.7 Å². The number of halogens is 1. The second kappa shape index (κ2) is 11.1. The van der Waals surface area contributed by atoms with E-state index >= 15 is 0 Å². The number of piperidine rings is 1. The van der Waals surface area contributed by atoms with E-state index in [-0.39, 0.29) is 11.8 Å². The average Bonchev–Trinajstić information content (AvgIpc) is 3.33. The number of hydrogen-bond acceptors (Lipinski definition) is 7. The van der Waals surface area contributed by atoms with E-state index in [9.17, 15) is 9.18 Å². The van der Waals surface area contributed by atoms with E-state index in [1.54, 1.807) is 44.6 Å². The number of carbonyl (C=O) groups is 1. The van der Waals surface area contributed by atoms with Gasteiger partial charge in [0.05, 0.1) is 19.9 Å². The molecule has 2 heterocycles. The predicted octanol–water partition coefficient (Wildman–Crippen LogP) is 4.32. The lowest BCUT2D eigenvalue weighted by Crippen LogP contribution is -2.39. The number of carbonyl (C=O) groups excluding carboxylic acids is 1. The number of ether oxygens (including phenoxy) is 2. The van der Waals surface area contributed by atoms with Crippen LogP contribution in [0.2, 0.25) is 0 Å². The molecule has 1 saturated heterocycles. The van der Waals surface area contributed by atoms with Gasteiger partial charge in [-0.05, 0) is 48.6 Å².